The quantitative estimate of drug-likeness (QED) is 0.0543. The fourth-order valence-electron chi connectivity index (χ4n) is 7.87. The fraction of sp³-hybridized carbons (Fsp3) is 0.756. The Morgan fingerprint density at radius 1 is 0.914 bits per heavy atom. The SMILES string of the molecule is CC[Si](CC)(CC)O[C@@H]([C@@H](C)C/C=C/B1OC(C)(C)C(C)(C)O1)[C@@H](C)C(=O)C(C)(C)[C@H](CC(=O)O[C@@H](C/C=C(/C)I)/C(C)=C/c1csc(C)n1)O[Si](CC)(CC)CC. The first-order valence-electron chi connectivity index (χ1n) is 22.0. The highest BCUT2D eigenvalue weighted by atomic mass is 127. The van der Waals surface area contributed by atoms with Gasteiger partial charge in [-0.3, -0.25) is 9.59 Å². The summed E-state index contributed by atoms with van der Waals surface area (Å²) in [7, 11) is -4.85. The number of allylic oxidation sites excluding steroid dienone is 2. The number of carbonyl (C=O) groups is 2. The molecule has 2 heterocycles. The predicted molar refractivity (Wildman–Crippen MR) is 258 cm³/mol. The van der Waals surface area contributed by atoms with E-state index in [1.807, 2.05) is 59.0 Å². The van der Waals surface area contributed by atoms with Gasteiger partial charge in [0.2, 0.25) is 0 Å². The van der Waals surface area contributed by atoms with Gasteiger partial charge in [-0.2, -0.15) is 0 Å². The van der Waals surface area contributed by atoms with Crippen molar-refractivity contribution in [1.82, 2.24) is 4.98 Å². The van der Waals surface area contributed by atoms with E-state index in [0.29, 0.717) is 12.8 Å². The topological polar surface area (TPSA) is 93.2 Å². The summed E-state index contributed by atoms with van der Waals surface area (Å²) in [4.78, 5) is 34.0. The zero-order chi connectivity index (χ0) is 44.3. The van der Waals surface area contributed by atoms with Crippen LogP contribution in [0.15, 0.2) is 32.7 Å². The first-order valence-corrected chi connectivity index (χ1v) is 29.0. The third kappa shape index (κ3) is 14.3. The van der Waals surface area contributed by atoms with E-state index < -0.39 is 58.5 Å². The molecule has 0 saturated carbocycles. The highest BCUT2D eigenvalue weighted by molar-refractivity contribution is 14.1. The molecule has 1 aliphatic heterocycles. The molecule has 0 bridgehead atoms. The molecular formula is C45H79BINO7SSi2. The molecule has 0 spiro atoms. The van der Waals surface area contributed by atoms with E-state index in [1.54, 1.807) is 11.3 Å². The van der Waals surface area contributed by atoms with Crippen LogP contribution in [0, 0.1) is 24.2 Å². The summed E-state index contributed by atoms with van der Waals surface area (Å²) in [6, 6.07) is 5.65. The average molecular weight is 972 g/mol. The number of rotatable bonds is 25. The Morgan fingerprint density at radius 3 is 1.90 bits per heavy atom. The molecule has 330 valence electrons. The molecule has 1 saturated heterocycles. The molecule has 13 heteroatoms. The van der Waals surface area contributed by atoms with Crippen molar-refractivity contribution in [3.8, 4) is 0 Å². The number of esters is 1. The van der Waals surface area contributed by atoms with Crippen LogP contribution in [0.4, 0.5) is 0 Å². The molecule has 0 radical (unpaired) electrons. The van der Waals surface area contributed by atoms with Gasteiger partial charge in [0, 0.05) is 23.1 Å². The maximum absolute atomic E-state index is 15.2. The Kier molecular flexibility index (Phi) is 21.0. The lowest BCUT2D eigenvalue weighted by Gasteiger charge is -2.44. The summed E-state index contributed by atoms with van der Waals surface area (Å²) in [5, 5.41) is 3.00. The van der Waals surface area contributed by atoms with E-state index in [4.69, 9.17) is 22.9 Å². The van der Waals surface area contributed by atoms with Crippen molar-refractivity contribution in [2.45, 2.75) is 203 Å². The van der Waals surface area contributed by atoms with Crippen molar-refractivity contribution in [3.05, 3.63) is 43.4 Å². The van der Waals surface area contributed by atoms with Gasteiger partial charge in [0.25, 0.3) is 0 Å². The molecule has 1 fully saturated rings. The standard InChI is InChI=1S/C45H79BINO7SSi2/c1-18-57(19-2,20-3)52-39(30-40(49)51-38(27-26-34(9)47)33(8)29-37-31-56-36(11)48-37)43(12,13)42(50)35(10)41(53-58(21-4,22-5)23-6)32(7)25-24-28-46-54-44(14,15)45(16,17)55-46/h24,26,28-29,31-32,35,38-39,41H,18-23,25,27,30H2,1-17H3/b28-24+,33-29+,34-26-/t32-,35+,38-,39-,41-/m0/s1. The molecule has 1 aromatic rings. The van der Waals surface area contributed by atoms with Crippen molar-refractivity contribution in [3.63, 3.8) is 0 Å². The van der Waals surface area contributed by atoms with Gasteiger partial charge in [-0.15, -0.1) is 11.3 Å². The van der Waals surface area contributed by atoms with Gasteiger partial charge in [0.15, 0.2) is 16.6 Å². The van der Waals surface area contributed by atoms with Crippen LogP contribution in [0.25, 0.3) is 6.08 Å². The Labute approximate surface area is 374 Å². The number of carbonyl (C=O) groups excluding carboxylic acids is 2. The summed E-state index contributed by atoms with van der Waals surface area (Å²) in [6.07, 6.45) is 6.03. The van der Waals surface area contributed by atoms with Crippen LogP contribution in [0.3, 0.4) is 0 Å². The third-order valence-electron chi connectivity index (χ3n) is 13.4. The van der Waals surface area contributed by atoms with Crippen LogP contribution >= 0.6 is 33.9 Å². The van der Waals surface area contributed by atoms with Crippen molar-refractivity contribution in [2.24, 2.45) is 17.3 Å². The predicted octanol–water partition coefficient (Wildman–Crippen LogP) is 13.1. The number of thiazole rings is 1. The van der Waals surface area contributed by atoms with Gasteiger partial charge in [0.05, 0.1) is 40.5 Å². The smallest absolute Gasteiger partial charge is 0.457 e. The summed E-state index contributed by atoms with van der Waals surface area (Å²) in [5.41, 5.74) is -0.0464. The molecule has 5 atom stereocenters. The normalized spacial score (nSPS) is 19.3. The van der Waals surface area contributed by atoms with Crippen LogP contribution in [0.2, 0.25) is 36.3 Å². The van der Waals surface area contributed by atoms with Crippen LogP contribution in [0.1, 0.15) is 141 Å². The minimum atomic E-state index is -2.28. The van der Waals surface area contributed by atoms with E-state index in [-0.39, 0.29) is 30.2 Å². The molecule has 8 nitrogen and oxygen atoms in total. The van der Waals surface area contributed by atoms with Gasteiger partial charge in [-0.1, -0.05) is 87.4 Å². The van der Waals surface area contributed by atoms with E-state index in [1.165, 1.54) is 0 Å². The summed E-state index contributed by atoms with van der Waals surface area (Å²) in [5.74, 6) is 1.30. The van der Waals surface area contributed by atoms with E-state index in [9.17, 15) is 4.79 Å². The Morgan fingerprint density at radius 2 is 1.43 bits per heavy atom. The lowest BCUT2D eigenvalue weighted by atomic mass is 9.73. The molecule has 0 amide bonds. The van der Waals surface area contributed by atoms with Gasteiger partial charge < -0.3 is 22.9 Å². The van der Waals surface area contributed by atoms with Crippen LogP contribution in [-0.4, -0.2) is 70.0 Å². The lowest BCUT2D eigenvalue weighted by Crippen LogP contribution is -2.53. The van der Waals surface area contributed by atoms with Crippen LogP contribution < -0.4 is 0 Å². The number of ether oxygens (including phenoxy) is 1. The molecule has 0 aliphatic carbocycles. The van der Waals surface area contributed by atoms with E-state index in [2.05, 4.69) is 116 Å². The molecule has 2 rings (SSSR count). The van der Waals surface area contributed by atoms with E-state index in [0.717, 1.165) is 56.1 Å². The number of aromatic nitrogens is 1. The highest BCUT2D eigenvalue weighted by Gasteiger charge is 2.51. The molecule has 0 N–H and O–H groups in total. The number of halogens is 1. The second-order valence-corrected chi connectivity index (χ2v) is 30.4. The minimum absolute atomic E-state index is 0.0117. The van der Waals surface area contributed by atoms with Gasteiger partial charge in [-0.25, -0.2) is 4.98 Å². The summed E-state index contributed by atoms with van der Waals surface area (Å²) >= 11 is 3.88. The van der Waals surface area contributed by atoms with Crippen molar-refractivity contribution >= 4 is 75.5 Å². The summed E-state index contributed by atoms with van der Waals surface area (Å²) in [6.45, 7) is 35.7. The molecule has 0 aromatic carbocycles. The van der Waals surface area contributed by atoms with Crippen LogP contribution in [0.5, 0.6) is 0 Å². The van der Waals surface area contributed by atoms with Crippen molar-refractivity contribution in [1.29, 1.82) is 0 Å². The summed E-state index contributed by atoms with van der Waals surface area (Å²) < 4.78 is 34.4. The van der Waals surface area contributed by atoms with Gasteiger partial charge >= 0.3 is 13.1 Å². The largest absolute Gasteiger partial charge is 0.486 e. The lowest BCUT2D eigenvalue weighted by molar-refractivity contribution is -0.153. The molecule has 58 heavy (non-hydrogen) atoms. The zero-order valence-electron chi connectivity index (χ0n) is 39.3. The fourth-order valence-corrected chi connectivity index (χ4v) is 14.7. The molecule has 1 aliphatic rings. The second kappa shape index (κ2) is 22.9. The third-order valence-corrected chi connectivity index (χ3v) is 23.9. The minimum Gasteiger partial charge on any atom is -0.457 e. The first kappa shape index (κ1) is 53.2. The average Bonchev–Trinajstić information content (AvgIpc) is 3.67. The maximum atomic E-state index is 15.2. The van der Waals surface area contributed by atoms with Crippen molar-refractivity contribution < 1.29 is 32.5 Å². The highest BCUT2D eigenvalue weighted by Crippen LogP contribution is 2.40. The monoisotopic (exact) mass is 971 g/mol. The number of ketones is 1. The molecule has 1 aromatic heterocycles. The van der Waals surface area contributed by atoms with E-state index >= 15 is 4.79 Å². The number of hydrogen-bond donors (Lipinski definition) is 0. The number of hydrogen-bond acceptors (Lipinski definition) is 9. The van der Waals surface area contributed by atoms with Gasteiger partial charge in [0.1, 0.15) is 11.9 Å². The number of nitrogens with zero attached hydrogens (tertiary/aromatic N) is 1. The Hall–Kier alpha value is -0.941. The van der Waals surface area contributed by atoms with Crippen LogP contribution in [-0.2, 0) is 32.5 Å². The number of Topliss-reactive ketones (excluding diaryl/α,β-unsaturated/α-hetero) is 1. The molecule has 0 unspecified atom stereocenters. The number of aryl methyl sites for hydroxylation is 1. The Balaban J connectivity index is 2.53. The zero-order valence-corrected chi connectivity index (χ0v) is 44.3. The maximum Gasteiger partial charge on any atom is 0.486 e. The molecular weight excluding hydrogens is 892 g/mol. The Bertz CT molecular complexity index is 1530. The van der Waals surface area contributed by atoms with Gasteiger partial charge in [-0.05, 0) is 135 Å². The van der Waals surface area contributed by atoms with Crippen molar-refractivity contribution in [2.75, 3.05) is 0 Å². The second-order valence-electron chi connectivity index (χ2n) is 18.2. The first-order chi connectivity index (χ1) is 26.9.